The number of nitrogens with two attached hydrogens (primary N) is 1. The van der Waals surface area contributed by atoms with Crippen LogP contribution in [0, 0.1) is 0 Å². The molecule has 2 amide bonds. The number of rotatable bonds is 9. The van der Waals surface area contributed by atoms with E-state index in [0.717, 1.165) is 17.5 Å². The van der Waals surface area contributed by atoms with Crippen molar-refractivity contribution in [3.63, 3.8) is 0 Å². The number of imide groups is 1. The first kappa shape index (κ1) is 29.5. The Hall–Kier alpha value is -5.23. The molecule has 0 saturated heterocycles. The molecule has 46 heavy (non-hydrogen) atoms. The average Bonchev–Trinajstić information content (AvgIpc) is 3.46. The van der Waals surface area contributed by atoms with Crippen molar-refractivity contribution in [3.8, 4) is 0 Å². The molecule has 234 valence electrons. The molecular formula is C34H29F3N6O3. The number of alkyl halides is 3. The Morgan fingerprint density at radius 1 is 0.913 bits per heavy atom. The number of hydrogen-bond donors (Lipinski definition) is 2. The fourth-order valence-corrected chi connectivity index (χ4v) is 6.47. The van der Waals surface area contributed by atoms with Crippen LogP contribution in [0.25, 0.3) is 38.1 Å². The number of aromatic nitrogens is 2. The fourth-order valence-electron chi connectivity index (χ4n) is 6.47. The Morgan fingerprint density at radius 3 is 2.50 bits per heavy atom. The average molecular weight is 627 g/mol. The van der Waals surface area contributed by atoms with Crippen LogP contribution in [-0.4, -0.2) is 64.2 Å². The second-order valence-electron chi connectivity index (χ2n) is 11.7. The highest BCUT2D eigenvalue weighted by Gasteiger charge is 2.33. The molecule has 3 N–H and O–H groups in total. The minimum atomic E-state index is -4.57. The summed E-state index contributed by atoms with van der Waals surface area (Å²) >= 11 is 0. The van der Waals surface area contributed by atoms with Gasteiger partial charge in [-0.1, -0.05) is 12.1 Å². The van der Waals surface area contributed by atoms with Crippen molar-refractivity contribution in [3.05, 3.63) is 93.9 Å². The Kier molecular flexibility index (Phi) is 7.04. The number of benzene rings is 4. The van der Waals surface area contributed by atoms with Gasteiger partial charge in [0.05, 0.1) is 33.1 Å². The van der Waals surface area contributed by atoms with Gasteiger partial charge >= 0.3 is 6.18 Å². The highest BCUT2D eigenvalue weighted by molar-refractivity contribution is 6.26. The van der Waals surface area contributed by atoms with Gasteiger partial charge in [-0.15, -0.1) is 0 Å². The van der Waals surface area contributed by atoms with E-state index in [1.807, 2.05) is 13.1 Å². The molecule has 7 rings (SSSR count). The van der Waals surface area contributed by atoms with Crippen molar-refractivity contribution in [2.75, 3.05) is 44.3 Å². The van der Waals surface area contributed by atoms with Crippen LogP contribution in [0.4, 0.5) is 24.5 Å². The van der Waals surface area contributed by atoms with Crippen molar-refractivity contribution in [2.45, 2.75) is 19.0 Å². The summed E-state index contributed by atoms with van der Waals surface area (Å²) in [6, 6.07) is 15.4. The van der Waals surface area contributed by atoms with Crippen LogP contribution in [0.3, 0.4) is 0 Å². The largest absolute Gasteiger partial charge is 0.416 e. The second-order valence-corrected chi connectivity index (χ2v) is 11.7. The molecule has 0 saturated carbocycles. The zero-order valence-electron chi connectivity index (χ0n) is 24.8. The number of carbonyl (C=O) groups excluding carboxylic acids is 2. The summed E-state index contributed by atoms with van der Waals surface area (Å²) in [5, 5.41) is 4.97. The van der Waals surface area contributed by atoms with E-state index in [2.05, 4.69) is 15.2 Å². The zero-order chi connectivity index (χ0) is 32.3. The number of imidazole rings is 1. The van der Waals surface area contributed by atoms with Gasteiger partial charge < -0.3 is 16.0 Å². The van der Waals surface area contributed by atoms with Gasteiger partial charge in [-0.25, -0.2) is 4.98 Å². The molecule has 0 unspecified atom stereocenters. The van der Waals surface area contributed by atoms with E-state index in [-0.39, 0.29) is 23.7 Å². The van der Waals surface area contributed by atoms with Crippen LogP contribution < -0.4 is 16.5 Å². The van der Waals surface area contributed by atoms with Crippen LogP contribution in [-0.2, 0) is 6.18 Å². The summed E-state index contributed by atoms with van der Waals surface area (Å²) in [5.41, 5.74) is 8.08. The normalized spacial score (nSPS) is 13.7. The van der Waals surface area contributed by atoms with Crippen LogP contribution >= 0.6 is 0 Å². The number of amides is 2. The van der Waals surface area contributed by atoms with Crippen molar-refractivity contribution in [1.82, 2.24) is 19.2 Å². The van der Waals surface area contributed by atoms with Gasteiger partial charge in [0.2, 0.25) is 0 Å². The van der Waals surface area contributed by atoms with E-state index in [1.54, 1.807) is 40.8 Å². The molecular weight excluding hydrogens is 597 g/mol. The lowest BCUT2D eigenvalue weighted by molar-refractivity contribution is -0.137. The number of nitrogens with one attached hydrogen (secondary N) is 1. The summed E-state index contributed by atoms with van der Waals surface area (Å²) in [6.07, 6.45) is -1.78. The molecule has 0 atom stereocenters. The van der Waals surface area contributed by atoms with E-state index in [4.69, 9.17) is 5.73 Å². The number of halogens is 3. The first-order valence-corrected chi connectivity index (χ1v) is 14.9. The van der Waals surface area contributed by atoms with Gasteiger partial charge in [0.15, 0.2) is 5.43 Å². The summed E-state index contributed by atoms with van der Waals surface area (Å²) < 4.78 is 42.0. The van der Waals surface area contributed by atoms with E-state index in [1.165, 1.54) is 17.3 Å². The van der Waals surface area contributed by atoms with Crippen molar-refractivity contribution < 1.29 is 22.8 Å². The third-order valence-corrected chi connectivity index (χ3v) is 8.67. The van der Waals surface area contributed by atoms with Crippen LogP contribution in [0.2, 0.25) is 0 Å². The standard InChI is InChI=1S/C34H29F3N6O3/c1-41(13-4-14-42-32(45)22-6-2-5-19-15-21(38)17-24(28(19)22)33(42)46)12-3-11-39-25-8-9-26-30-29(25)31(44)23-16-20(34(35,36)37)7-10-27(23)43(30)18-40-26/h2,5-10,15-18,39H,3-4,11-14,38H2,1H3. The molecule has 0 fully saturated rings. The topological polar surface area (TPSA) is 113 Å². The molecule has 6 aromatic rings. The van der Waals surface area contributed by atoms with Gasteiger partial charge in [-0.2, -0.15) is 13.2 Å². The molecule has 0 bridgehead atoms. The molecule has 0 aliphatic carbocycles. The molecule has 2 aromatic heterocycles. The molecule has 3 heterocycles. The first-order valence-electron chi connectivity index (χ1n) is 14.9. The van der Waals surface area contributed by atoms with Gasteiger partial charge in [-0.3, -0.25) is 23.7 Å². The van der Waals surface area contributed by atoms with Gasteiger partial charge in [-0.05, 0) is 86.9 Å². The summed E-state index contributed by atoms with van der Waals surface area (Å²) in [4.78, 5) is 47.7. The predicted molar refractivity (Wildman–Crippen MR) is 172 cm³/mol. The van der Waals surface area contributed by atoms with Crippen LogP contribution in [0.15, 0.2) is 71.8 Å². The Morgan fingerprint density at radius 2 is 1.70 bits per heavy atom. The first-order chi connectivity index (χ1) is 22.0. The number of nitrogen functional groups attached to an aromatic ring is 1. The molecule has 0 spiro atoms. The fraction of sp³-hybridized carbons (Fsp3) is 0.235. The Labute approximate surface area is 260 Å². The van der Waals surface area contributed by atoms with Gasteiger partial charge in [0.1, 0.15) is 6.33 Å². The summed E-state index contributed by atoms with van der Waals surface area (Å²) in [7, 11) is 1.95. The van der Waals surface area contributed by atoms with E-state index in [0.29, 0.717) is 82.3 Å². The maximum Gasteiger partial charge on any atom is 0.416 e. The molecule has 0 radical (unpaired) electrons. The number of hydrogen-bond acceptors (Lipinski definition) is 7. The smallest absolute Gasteiger partial charge is 0.399 e. The maximum absolute atomic E-state index is 13.6. The quantitative estimate of drug-likeness (QED) is 0.0928. The third-order valence-electron chi connectivity index (χ3n) is 8.67. The second kappa shape index (κ2) is 11.0. The van der Waals surface area contributed by atoms with E-state index in [9.17, 15) is 27.6 Å². The molecule has 1 aliphatic rings. The minimum Gasteiger partial charge on any atom is -0.399 e. The maximum atomic E-state index is 13.6. The molecule has 12 heteroatoms. The monoisotopic (exact) mass is 626 g/mol. The lowest BCUT2D eigenvalue weighted by Gasteiger charge is -2.28. The SMILES string of the molecule is CN(CCCNc1ccc2ncn3c4ccc(C(F)(F)F)cc4c(=O)c1c23)CCCN1C(=O)c2cccc3cc(N)cc(c23)C1=O. The predicted octanol–water partition coefficient (Wildman–Crippen LogP) is 5.61. The molecule has 1 aliphatic heterocycles. The third kappa shape index (κ3) is 4.85. The van der Waals surface area contributed by atoms with Gasteiger partial charge in [0, 0.05) is 40.8 Å². The Bertz CT molecular complexity index is 2250. The van der Waals surface area contributed by atoms with Crippen LogP contribution in [0.5, 0.6) is 0 Å². The highest BCUT2D eigenvalue weighted by Crippen LogP contribution is 2.34. The minimum absolute atomic E-state index is 0.0232. The van der Waals surface area contributed by atoms with E-state index < -0.39 is 17.2 Å². The van der Waals surface area contributed by atoms with Gasteiger partial charge in [0.25, 0.3) is 11.8 Å². The number of anilines is 2. The van der Waals surface area contributed by atoms with Crippen molar-refractivity contribution in [2.24, 2.45) is 0 Å². The number of nitrogens with zero attached hydrogens (tertiary/aromatic N) is 4. The lowest BCUT2D eigenvalue weighted by atomic mass is 9.93. The van der Waals surface area contributed by atoms with E-state index >= 15 is 0 Å². The summed E-state index contributed by atoms with van der Waals surface area (Å²) in [5.74, 6) is -0.657. The number of fused-ring (bicyclic) bond motifs is 2. The van der Waals surface area contributed by atoms with Crippen molar-refractivity contribution in [1.29, 1.82) is 0 Å². The number of pyridine rings is 1. The summed E-state index contributed by atoms with van der Waals surface area (Å²) in [6.45, 7) is 2.10. The highest BCUT2D eigenvalue weighted by atomic mass is 19.4. The zero-order valence-corrected chi connectivity index (χ0v) is 24.8. The van der Waals surface area contributed by atoms with Crippen LogP contribution in [0.1, 0.15) is 39.1 Å². The lowest BCUT2D eigenvalue weighted by Crippen LogP contribution is -2.41. The molecule has 9 nitrogen and oxygen atoms in total. The number of carbonyl (C=O) groups is 2. The molecule has 4 aromatic carbocycles. The Balaban J connectivity index is 0.996. The van der Waals surface area contributed by atoms with Crippen molar-refractivity contribution >= 4 is 61.3 Å².